The number of hydrogen-bond donors (Lipinski definition) is 0. The Morgan fingerprint density at radius 3 is 1.94 bits per heavy atom. The SMILES string of the molecule is C=Cc1ccc(COC(=O)CCCCCCCCCCCCOP(=O)([O-])OCC[N+](C)(C)C)cc1. The van der Waals surface area contributed by atoms with E-state index in [1.54, 1.807) is 6.08 Å². The average molecular weight is 512 g/mol. The van der Waals surface area contributed by atoms with Crippen molar-refractivity contribution < 1.29 is 32.5 Å². The number of phosphoric ester groups is 1. The van der Waals surface area contributed by atoms with Gasteiger partial charge in [0.1, 0.15) is 19.8 Å². The number of ether oxygens (including phenoxy) is 1. The number of carbonyl (C=O) groups excluding carboxylic acids is 1. The number of unbranched alkanes of at least 4 members (excludes halogenated alkanes) is 9. The molecule has 8 heteroatoms. The summed E-state index contributed by atoms with van der Waals surface area (Å²) in [5, 5.41) is 0. The van der Waals surface area contributed by atoms with Gasteiger partial charge in [-0.1, -0.05) is 88.3 Å². The molecule has 0 saturated heterocycles. The summed E-state index contributed by atoms with van der Waals surface area (Å²) in [6, 6.07) is 7.83. The van der Waals surface area contributed by atoms with Gasteiger partial charge >= 0.3 is 5.97 Å². The number of esters is 1. The highest BCUT2D eigenvalue weighted by atomic mass is 31.2. The van der Waals surface area contributed by atoms with Crippen molar-refractivity contribution in [3.63, 3.8) is 0 Å². The fourth-order valence-electron chi connectivity index (χ4n) is 3.41. The van der Waals surface area contributed by atoms with Crippen LogP contribution in [0, 0.1) is 0 Å². The Hall–Kier alpha value is -1.50. The van der Waals surface area contributed by atoms with Crippen LogP contribution in [0.2, 0.25) is 0 Å². The van der Waals surface area contributed by atoms with Crippen molar-refractivity contribution in [2.75, 3.05) is 40.9 Å². The van der Waals surface area contributed by atoms with Crippen LogP contribution in [0.1, 0.15) is 81.8 Å². The maximum absolute atomic E-state index is 11.9. The van der Waals surface area contributed by atoms with Gasteiger partial charge < -0.3 is 23.2 Å². The van der Waals surface area contributed by atoms with E-state index in [1.165, 1.54) is 19.3 Å². The Kier molecular flexibility index (Phi) is 16.1. The zero-order valence-corrected chi connectivity index (χ0v) is 22.9. The molecular weight excluding hydrogens is 465 g/mol. The van der Waals surface area contributed by atoms with Crippen LogP contribution in [0.3, 0.4) is 0 Å². The molecule has 200 valence electrons. The van der Waals surface area contributed by atoms with Crippen molar-refractivity contribution in [3.05, 3.63) is 42.0 Å². The Morgan fingerprint density at radius 1 is 0.886 bits per heavy atom. The third-order valence-electron chi connectivity index (χ3n) is 5.65. The van der Waals surface area contributed by atoms with Crippen LogP contribution >= 0.6 is 7.82 Å². The van der Waals surface area contributed by atoms with Crippen molar-refractivity contribution >= 4 is 19.9 Å². The molecule has 0 radical (unpaired) electrons. The van der Waals surface area contributed by atoms with Crippen molar-refractivity contribution in [2.45, 2.75) is 77.2 Å². The maximum atomic E-state index is 11.9. The lowest BCUT2D eigenvalue weighted by atomic mass is 10.1. The molecule has 0 saturated carbocycles. The molecule has 0 aliphatic rings. The van der Waals surface area contributed by atoms with Gasteiger partial charge in [0.25, 0.3) is 7.82 Å². The Labute approximate surface area is 212 Å². The first-order chi connectivity index (χ1) is 16.6. The van der Waals surface area contributed by atoms with Gasteiger partial charge in [0.05, 0.1) is 27.7 Å². The molecule has 0 bridgehead atoms. The Bertz CT molecular complexity index is 760. The highest BCUT2D eigenvalue weighted by molar-refractivity contribution is 7.45. The molecule has 1 atom stereocenters. The number of quaternary nitrogens is 1. The zero-order valence-electron chi connectivity index (χ0n) is 22.0. The predicted molar refractivity (Wildman–Crippen MR) is 140 cm³/mol. The molecule has 1 rings (SSSR count). The predicted octanol–water partition coefficient (Wildman–Crippen LogP) is 5.87. The van der Waals surface area contributed by atoms with E-state index in [-0.39, 0.29) is 19.2 Å². The van der Waals surface area contributed by atoms with Crippen molar-refractivity contribution in [2.24, 2.45) is 0 Å². The number of likely N-dealkylation sites (N-methyl/N-ethyl adjacent to an activating group) is 1. The minimum absolute atomic E-state index is 0.133. The molecule has 1 aromatic rings. The van der Waals surface area contributed by atoms with Crippen LogP contribution in [0.4, 0.5) is 0 Å². The van der Waals surface area contributed by atoms with E-state index in [4.69, 9.17) is 13.8 Å². The summed E-state index contributed by atoms with van der Waals surface area (Å²) in [7, 11) is 1.76. The summed E-state index contributed by atoms with van der Waals surface area (Å²) in [5.74, 6) is -0.133. The average Bonchev–Trinajstić information content (AvgIpc) is 2.80. The van der Waals surface area contributed by atoms with E-state index in [0.29, 0.717) is 24.1 Å². The molecule has 0 aliphatic heterocycles. The van der Waals surface area contributed by atoms with Crippen molar-refractivity contribution in [3.8, 4) is 0 Å². The van der Waals surface area contributed by atoms with Crippen LogP contribution in [0.5, 0.6) is 0 Å². The Morgan fingerprint density at radius 2 is 1.40 bits per heavy atom. The second kappa shape index (κ2) is 17.9. The monoisotopic (exact) mass is 511 g/mol. The quantitative estimate of drug-likeness (QED) is 0.0888. The third-order valence-corrected chi connectivity index (χ3v) is 6.65. The zero-order chi connectivity index (χ0) is 26.0. The van der Waals surface area contributed by atoms with Gasteiger partial charge in [-0.25, -0.2) is 0 Å². The van der Waals surface area contributed by atoms with Gasteiger partial charge in [0.2, 0.25) is 0 Å². The first kappa shape index (κ1) is 31.5. The number of nitrogens with zero attached hydrogens (tertiary/aromatic N) is 1. The van der Waals surface area contributed by atoms with E-state index in [1.807, 2.05) is 45.4 Å². The molecule has 0 aliphatic carbocycles. The second-order valence-electron chi connectivity index (χ2n) is 10.0. The molecule has 7 nitrogen and oxygen atoms in total. The van der Waals surface area contributed by atoms with Gasteiger partial charge in [-0.2, -0.15) is 0 Å². The topological polar surface area (TPSA) is 84.9 Å². The van der Waals surface area contributed by atoms with Crippen LogP contribution in [-0.2, 0) is 29.8 Å². The number of rotatable bonds is 21. The largest absolute Gasteiger partial charge is 0.756 e. The maximum Gasteiger partial charge on any atom is 0.306 e. The van der Waals surface area contributed by atoms with Gasteiger partial charge in [0.15, 0.2) is 0 Å². The standard InChI is InChI=1S/C27H46NO6P/c1-5-25-17-19-26(20-18-25)24-32-27(29)16-14-12-10-8-6-7-9-11-13-15-22-33-35(30,31)34-23-21-28(2,3)4/h5,17-20H,1,6-16,21-24H2,2-4H3. The normalized spacial score (nSPS) is 13.4. The third kappa shape index (κ3) is 18.4. The summed E-state index contributed by atoms with van der Waals surface area (Å²) < 4.78 is 27.5. The summed E-state index contributed by atoms with van der Waals surface area (Å²) in [4.78, 5) is 23.6. The minimum Gasteiger partial charge on any atom is -0.756 e. The number of benzene rings is 1. The van der Waals surface area contributed by atoms with Gasteiger partial charge in [-0.3, -0.25) is 9.36 Å². The fourth-order valence-corrected chi connectivity index (χ4v) is 4.14. The van der Waals surface area contributed by atoms with Crippen LogP contribution in [-0.4, -0.2) is 51.4 Å². The van der Waals surface area contributed by atoms with E-state index >= 15 is 0 Å². The second-order valence-corrected chi connectivity index (χ2v) is 11.4. The lowest BCUT2D eigenvalue weighted by Gasteiger charge is -2.27. The molecule has 0 amide bonds. The Balaban J connectivity index is 1.88. The highest BCUT2D eigenvalue weighted by Gasteiger charge is 2.13. The number of phosphoric acid groups is 1. The van der Waals surface area contributed by atoms with Gasteiger partial charge in [0, 0.05) is 6.42 Å². The van der Waals surface area contributed by atoms with E-state index in [2.05, 4.69) is 6.58 Å². The number of hydrogen-bond acceptors (Lipinski definition) is 6. The molecule has 0 heterocycles. The molecule has 0 aromatic heterocycles. The van der Waals surface area contributed by atoms with E-state index in [9.17, 15) is 14.3 Å². The first-order valence-corrected chi connectivity index (χ1v) is 14.3. The molecule has 0 N–H and O–H groups in total. The first-order valence-electron chi connectivity index (χ1n) is 12.9. The summed E-state index contributed by atoms with van der Waals surface area (Å²) in [6.45, 7) is 4.98. The molecule has 0 fully saturated rings. The van der Waals surface area contributed by atoms with E-state index < -0.39 is 7.82 Å². The molecule has 0 spiro atoms. The van der Waals surface area contributed by atoms with Gasteiger partial charge in [-0.15, -0.1) is 0 Å². The van der Waals surface area contributed by atoms with Crippen LogP contribution in [0.15, 0.2) is 30.8 Å². The number of carbonyl (C=O) groups is 1. The van der Waals surface area contributed by atoms with Crippen molar-refractivity contribution in [1.82, 2.24) is 0 Å². The molecule has 1 aromatic carbocycles. The van der Waals surface area contributed by atoms with E-state index in [0.717, 1.165) is 56.1 Å². The summed E-state index contributed by atoms with van der Waals surface area (Å²) in [5.41, 5.74) is 2.04. The molecule has 35 heavy (non-hydrogen) atoms. The van der Waals surface area contributed by atoms with Crippen LogP contribution < -0.4 is 4.89 Å². The minimum atomic E-state index is -4.18. The molecule has 1 unspecified atom stereocenters. The van der Waals surface area contributed by atoms with Gasteiger partial charge in [-0.05, 0) is 24.0 Å². The lowest BCUT2D eigenvalue weighted by molar-refractivity contribution is -0.870. The lowest BCUT2D eigenvalue weighted by Crippen LogP contribution is -2.37. The fraction of sp³-hybridized carbons (Fsp3) is 0.667. The summed E-state index contributed by atoms with van der Waals surface area (Å²) in [6.07, 6.45) is 12.8. The van der Waals surface area contributed by atoms with Crippen molar-refractivity contribution in [1.29, 1.82) is 0 Å². The van der Waals surface area contributed by atoms with Crippen LogP contribution in [0.25, 0.3) is 6.08 Å². The summed E-state index contributed by atoms with van der Waals surface area (Å²) >= 11 is 0. The smallest absolute Gasteiger partial charge is 0.306 e. The molecular formula is C27H46NO6P. The highest BCUT2D eigenvalue weighted by Crippen LogP contribution is 2.38.